The van der Waals surface area contributed by atoms with Crippen LogP contribution in [-0.4, -0.2) is 43.2 Å². The maximum atomic E-state index is 13.1. The van der Waals surface area contributed by atoms with Crippen LogP contribution in [0.4, 0.5) is 0 Å². The molecule has 1 aliphatic rings. The molecule has 1 fully saturated rings. The summed E-state index contributed by atoms with van der Waals surface area (Å²) in [5, 5.41) is 13.9. The van der Waals surface area contributed by atoms with Gasteiger partial charge in [0.25, 0.3) is 5.56 Å². The molecular formula is C28H34N6O2. The van der Waals surface area contributed by atoms with Crippen LogP contribution in [0.25, 0.3) is 10.9 Å². The first-order valence-electron chi connectivity index (χ1n) is 12.9. The van der Waals surface area contributed by atoms with Gasteiger partial charge in [-0.05, 0) is 65.3 Å². The average Bonchev–Trinajstić information content (AvgIpc) is 3.61. The number of methoxy groups -OCH3 is 1. The summed E-state index contributed by atoms with van der Waals surface area (Å²) in [6, 6.07) is 18.7. The van der Waals surface area contributed by atoms with Gasteiger partial charge in [-0.15, -0.1) is 5.10 Å². The third-order valence-corrected chi connectivity index (χ3v) is 7.38. The number of tetrazole rings is 1. The van der Waals surface area contributed by atoms with Crippen molar-refractivity contribution >= 4 is 10.9 Å². The van der Waals surface area contributed by atoms with Gasteiger partial charge in [0, 0.05) is 30.8 Å². The molecule has 0 bridgehead atoms. The van der Waals surface area contributed by atoms with Crippen LogP contribution in [-0.2, 0) is 19.5 Å². The number of H-pyrrole nitrogens is 1. The molecule has 2 heterocycles. The van der Waals surface area contributed by atoms with Gasteiger partial charge in [-0.25, -0.2) is 4.68 Å². The first kappa shape index (κ1) is 24.2. The monoisotopic (exact) mass is 486 g/mol. The number of nitrogens with one attached hydrogen (secondary N) is 1. The molecule has 8 nitrogen and oxygen atoms in total. The van der Waals surface area contributed by atoms with Crippen molar-refractivity contribution in [2.24, 2.45) is 0 Å². The van der Waals surface area contributed by atoms with E-state index in [1.54, 1.807) is 7.11 Å². The first-order chi connectivity index (χ1) is 17.7. The molecule has 0 spiro atoms. The van der Waals surface area contributed by atoms with Gasteiger partial charge in [0.1, 0.15) is 5.75 Å². The minimum Gasteiger partial charge on any atom is -0.497 e. The fourth-order valence-corrected chi connectivity index (χ4v) is 5.45. The number of hydrogen-bond donors (Lipinski definition) is 1. The highest BCUT2D eigenvalue weighted by atomic mass is 16.5. The summed E-state index contributed by atoms with van der Waals surface area (Å²) in [6.07, 6.45) is 6.42. The largest absolute Gasteiger partial charge is 0.497 e. The molecule has 0 saturated heterocycles. The Morgan fingerprint density at radius 3 is 2.69 bits per heavy atom. The lowest BCUT2D eigenvalue weighted by atomic mass is 10.0. The Morgan fingerprint density at radius 2 is 1.94 bits per heavy atom. The second-order valence-electron chi connectivity index (χ2n) is 9.61. The highest BCUT2D eigenvalue weighted by Crippen LogP contribution is 2.33. The molecule has 1 N–H and O–H groups in total. The van der Waals surface area contributed by atoms with E-state index >= 15 is 0 Å². The van der Waals surface area contributed by atoms with E-state index in [-0.39, 0.29) is 11.6 Å². The maximum absolute atomic E-state index is 13.1. The standard InChI is InChI=1S/C28H34N6O2/c1-3-26(27-30-31-32-34(27)16-15-20-9-5-4-6-10-20)33(23-11-7-8-12-23)19-22-17-21-13-14-24(36-2)18-25(21)29-28(22)35/h4-6,9-10,13-14,17-18,23,26H,3,7-8,11-12,15-16,19H2,1-2H3,(H,29,35). The van der Waals surface area contributed by atoms with Crippen LogP contribution in [0.15, 0.2) is 59.4 Å². The van der Waals surface area contributed by atoms with Crippen molar-refractivity contribution in [3.63, 3.8) is 0 Å². The Labute approximate surface area is 211 Å². The van der Waals surface area contributed by atoms with Crippen molar-refractivity contribution in [3.05, 3.63) is 81.9 Å². The molecule has 36 heavy (non-hydrogen) atoms. The van der Waals surface area contributed by atoms with Gasteiger partial charge < -0.3 is 9.72 Å². The van der Waals surface area contributed by atoms with Crippen molar-refractivity contribution < 1.29 is 4.74 Å². The summed E-state index contributed by atoms with van der Waals surface area (Å²) < 4.78 is 7.26. The van der Waals surface area contributed by atoms with Crippen molar-refractivity contribution in [2.75, 3.05) is 7.11 Å². The Kier molecular flexibility index (Phi) is 7.41. The van der Waals surface area contributed by atoms with Crippen LogP contribution >= 0.6 is 0 Å². The van der Waals surface area contributed by atoms with Gasteiger partial charge in [-0.3, -0.25) is 9.69 Å². The molecule has 1 aliphatic carbocycles. The summed E-state index contributed by atoms with van der Waals surface area (Å²) in [5.41, 5.74) is 2.75. The van der Waals surface area contributed by atoms with Gasteiger partial charge in [-0.2, -0.15) is 0 Å². The van der Waals surface area contributed by atoms with E-state index in [1.807, 2.05) is 35.0 Å². The number of pyridine rings is 1. The van der Waals surface area contributed by atoms with Crippen LogP contribution in [0.5, 0.6) is 5.75 Å². The van der Waals surface area contributed by atoms with Gasteiger partial charge in [0.05, 0.1) is 18.7 Å². The van der Waals surface area contributed by atoms with E-state index in [0.29, 0.717) is 12.6 Å². The fourth-order valence-electron chi connectivity index (χ4n) is 5.45. The molecule has 0 aliphatic heterocycles. The van der Waals surface area contributed by atoms with Crippen molar-refractivity contribution in [1.29, 1.82) is 0 Å². The van der Waals surface area contributed by atoms with Crippen LogP contribution in [0.1, 0.15) is 62.0 Å². The first-order valence-corrected chi connectivity index (χ1v) is 12.9. The summed E-state index contributed by atoms with van der Waals surface area (Å²) in [5.74, 6) is 1.61. The number of benzene rings is 2. The number of fused-ring (bicyclic) bond motifs is 1. The van der Waals surface area contributed by atoms with Crippen molar-refractivity contribution in [2.45, 2.75) is 70.6 Å². The Hall–Kier alpha value is -3.52. The molecule has 1 atom stereocenters. The van der Waals surface area contributed by atoms with Gasteiger partial charge in [-0.1, -0.05) is 50.1 Å². The summed E-state index contributed by atoms with van der Waals surface area (Å²) in [4.78, 5) is 18.7. The topological polar surface area (TPSA) is 88.9 Å². The van der Waals surface area contributed by atoms with Gasteiger partial charge >= 0.3 is 0 Å². The summed E-state index contributed by atoms with van der Waals surface area (Å²) >= 11 is 0. The van der Waals surface area contributed by atoms with Crippen LogP contribution < -0.4 is 10.3 Å². The Bertz CT molecular complexity index is 1340. The minimum atomic E-state index is -0.0581. The zero-order chi connectivity index (χ0) is 24.9. The maximum Gasteiger partial charge on any atom is 0.252 e. The Morgan fingerprint density at radius 1 is 1.14 bits per heavy atom. The number of rotatable bonds is 10. The van der Waals surface area contributed by atoms with E-state index in [0.717, 1.165) is 60.3 Å². The fraction of sp³-hybridized carbons (Fsp3) is 0.429. The highest BCUT2D eigenvalue weighted by molar-refractivity contribution is 5.80. The zero-order valence-electron chi connectivity index (χ0n) is 21.1. The lowest BCUT2D eigenvalue weighted by molar-refractivity contribution is 0.112. The number of aromatic nitrogens is 5. The van der Waals surface area contributed by atoms with E-state index in [9.17, 15) is 4.79 Å². The molecule has 4 aromatic rings. The third-order valence-electron chi connectivity index (χ3n) is 7.38. The molecule has 0 amide bonds. The molecule has 8 heteroatoms. The van der Waals surface area contributed by atoms with E-state index in [2.05, 4.69) is 56.6 Å². The second-order valence-corrected chi connectivity index (χ2v) is 9.61. The summed E-state index contributed by atoms with van der Waals surface area (Å²) in [6.45, 7) is 3.46. The van der Waals surface area contributed by atoms with Gasteiger partial charge in [0.15, 0.2) is 5.82 Å². The molecule has 2 aromatic heterocycles. The van der Waals surface area contributed by atoms with Crippen molar-refractivity contribution in [1.82, 2.24) is 30.1 Å². The summed E-state index contributed by atoms with van der Waals surface area (Å²) in [7, 11) is 1.63. The molecule has 1 unspecified atom stereocenters. The number of ether oxygens (including phenoxy) is 1. The smallest absolute Gasteiger partial charge is 0.252 e. The third kappa shape index (κ3) is 5.18. The second kappa shape index (κ2) is 11.0. The molecular weight excluding hydrogens is 452 g/mol. The molecule has 188 valence electrons. The molecule has 1 saturated carbocycles. The number of hydrogen-bond acceptors (Lipinski definition) is 6. The number of nitrogens with zero attached hydrogens (tertiary/aromatic N) is 5. The van der Waals surface area contributed by atoms with Crippen LogP contribution in [0.2, 0.25) is 0 Å². The normalized spacial score (nSPS) is 15.1. The SMILES string of the molecule is CCC(c1nnnn1CCc1ccccc1)N(Cc1cc2ccc(OC)cc2[nH]c1=O)C1CCCC1. The Balaban J connectivity index is 1.44. The van der Waals surface area contributed by atoms with E-state index in [4.69, 9.17) is 4.74 Å². The molecule has 2 aromatic carbocycles. The number of aromatic amines is 1. The molecule has 5 rings (SSSR count). The quantitative estimate of drug-likeness (QED) is 0.351. The lowest BCUT2D eigenvalue weighted by Gasteiger charge is -2.35. The predicted molar refractivity (Wildman–Crippen MR) is 140 cm³/mol. The van der Waals surface area contributed by atoms with Crippen molar-refractivity contribution in [3.8, 4) is 5.75 Å². The lowest BCUT2D eigenvalue weighted by Crippen LogP contribution is -2.39. The van der Waals surface area contributed by atoms with Crippen LogP contribution in [0.3, 0.4) is 0 Å². The van der Waals surface area contributed by atoms with Crippen LogP contribution in [0, 0.1) is 0 Å². The number of aryl methyl sites for hydroxylation is 2. The molecule has 0 radical (unpaired) electrons. The van der Waals surface area contributed by atoms with Gasteiger partial charge in [0.2, 0.25) is 0 Å². The zero-order valence-corrected chi connectivity index (χ0v) is 21.1. The van der Waals surface area contributed by atoms with E-state index in [1.165, 1.54) is 18.4 Å². The predicted octanol–water partition coefficient (Wildman–Crippen LogP) is 4.66. The highest BCUT2D eigenvalue weighted by Gasteiger charge is 2.32. The average molecular weight is 487 g/mol. The van der Waals surface area contributed by atoms with E-state index < -0.39 is 0 Å². The minimum absolute atomic E-state index is 0.0323.